The van der Waals surface area contributed by atoms with Gasteiger partial charge in [0.15, 0.2) is 0 Å². The zero-order valence-electron chi connectivity index (χ0n) is 9.09. The Morgan fingerprint density at radius 2 is 1.67 bits per heavy atom. The molecule has 7 heteroatoms. The van der Waals surface area contributed by atoms with Gasteiger partial charge in [0.2, 0.25) is 0 Å². The molecule has 96 valence electrons. The van der Waals surface area contributed by atoms with Crippen LogP contribution in [0.15, 0.2) is 24.3 Å². The standard InChI is InChI=1S/C11H7F3I2N2/c1-6-17-9(15)10(16)18(6)8-4-2-7(3-5-8)11(12,13)14/h2-5H,1H3. The smallest absolute Gasteiger partial charge is 0.291 e. The molecule has 0 saturated carbocycles. The Labute approximate surface area is 129 Å². The van der Waals surface area contributed by atoms with Gasteiger partial charge < -0.3 is 0 Å². The largest absolute Gasteiger partial charge is 0.416 e. The van der Waals surface area contributed by atoms with Crippen LogP contribution in [0.2, 0.25) is 0 Å². The minimum Gasteiger partial charge on any atom is -0.291 e. The first-order chi connectivity index (χ1) is 8.30. The molecule has 0 aliphatic carbocycles. The summed E-state index contributed by atoms with van der Waals surface area (Å²) in [5.74, 6) is 0.753. The fourth-order valence-corrected chi connectivity index (χ4v) is 2.91. The van der Waals surface area contributed by atoms with Crippen molar-refractivity contribution in [3.63, 3.8) is 0 Å². The number of benzene rings is 1. The highest BCUT2D eigenvalue weighted by atomic mass is 127. The molecule has 0 amide bonds. The van der Waals surface area contributed by atoms with Crippen LogP contribution in [0.3, 0.4) is 0 Å². The maximum Gasteiger partial charge on any atom is 0.416 e. The summed E-state index contributed by atoms with van der Waals surface area (Å²) in [7, 11) is 0. The summed E-state index contributed by atoms with van der Waals surface area (Å²) in [4.78, 5) is 4.28. The van der Waals surface area contributed by atoms with Crippen molar-refractivity contribution >= 4 is 45.2 Å². The molecule has 2 rings (SSSR count). The summed E-state index contributed by atoms with van der Waals surface area (Å²) < 4.78 is 40.9. The Balaban J connectivity index is 2.47. The zero-order chi connectivity index (χ0) is 13.5. The molecule has 0 fully saturated rings. The molecule has 0 bridgehead atoms. The van der Waals surface area contributed by atoms with Gasteiger partial charge >= 0.3 is 6.18 Å². The summed E-state index contributed by atoms with van der Waals surface area (Å²) in [5, 5.41) is 0. The molecule has 0 aliphatic rings. The van der Waals surface area contributed by atoms with Crippen molar-refractivity contribution in [2.24, 2.45) is 0 Å². The lowest BCUT2D eigenvalue weighted by molar-refractivity contribution is -0.137. The van der Waals surface area contributed by atoms with E-state index in [-0.39, 0.29) is 0 Å². The van der Waals surface area contributed by atoms with E-state index in [4.69, 9.17) is 0 Å². The quantitative estimate of drug-likeness (QED) is 0.556. The van der Waals surface area contributed by atoms with Gasteiger partial charge in [0.05, 0.1) is 5.56 Å². The molecule has 0 radical (unpaired) electrons. The van der Waals surface area contributed by atoms with Crippen molar-refractivity contribution in [3.05, 3.63) is 43.1 Å². The molecule has 0 saturated heterocycles. The second-order valence-corrected chi connectivity index (χ2v) is 5.66. The van der Waals surface area contributed by atoms with Crippen molar-refractivity contribution < 1.29 is 13.2 Å². The molecule has 0 spiro atoms. The highest BCUT2D eigenvalue weighted by Crippen LogP contribution is 2.30. The summed E-state index contributed by atoms with van der Waals surface area (Å²) in [6.07, 6.45) is -4.30. The third-order valence-electron chi connectivity index (χ3n) is 2.40. The van der Waals surface area contributed by atoms with E-state index in [1.165, 1.54) is 12.1 Å². The van der Waals surface area contributed by atoms with E-state index < -0.39 is 11.7 Å². The van der Waals surface area contributed by atoms with E-state index in [0.29, 0.717) is 5.69 Å². The Kier molecular flexibility index (Phi) is 3.90. The molecule has 0 aliphatic heterocycles. The summed E-state index contributed by atoms with van der Waals surface area (Å²) in [6.45, 7) is 1.82. The fourth-order valence-electron chi connectivity index (χ4n) is 1.57. The number of alkyl halides is 3. The third-order valence-corrected chi connectivity index (χ3v) is 5.18. The molecule has 1 heterocycles. The zero-order valence-corrected chi connectivity index (χ0v) is 13.4. The Morgan fingerprint density at radius 1 is 1.11 bits per heavy atom. The van der Waals surface area contributed by atoms with Crippen LogP contribution in [-0.4, -0.2) is 9.55 Å². The number of nitrogens with zero attached hydrogens (tertiary/aromatic N) is 2. The van der Waals surface area contributed by atoms with E-state index >= 15 is 0 Å². The van der Waals surface area contributed by atoms with Crippen LogP contribution in [0.25, 0.3) is 5.69 Å². The van der Waals surface area contributed by atoms with E-state index in [0.717, 1.165) is 25.4 Å². The molecule has 2 nitrogen and oxygen atoms in total. The Bertz CT molecular complexity index is 573. The van der Waals surface area contributed by atoms with Crippen LogP contribution in [0.1, 0.15) is 11.4 Å². The molecule has 2 aromatic rings. The molecular formula is C11H7F3I2N2. The molecular weight excluding hydrogens is 471 g/mol. The average Bonchev–Trinajstić information content (AvgIpc) is 2.52. The normalized spacial score (nSPS) is 11.9. The van der Waals surface area contributed by atoms with Crippen LogP contribution in [0.5, 0.6) is 0 Å². The molecule has 1 aromatic carbocycles. The van der Waals surface area contributed by atoms with E-state index in [9.17, 15) is 13.2 Å². The van der Waals surface area contributed by atoms with E-state index in [1.54, 1.807) is 0 Å². The summed E-state index contributed by atoms with van der Waals surface area (Å²) in [5.41, 5.74) is 0.0361. The van der Waals surface area contributed by atoms with Gasteiger partial charge in [-0.15, -0.1) is 0 Å². The van der Waals surface area contributed by atoms with Gasteiger partial charge in [0, 0.05) is 5.69 Å². The fraction of sp³-hybridized carbons (Fsp3) is 0.182. The third kappa shape index (κ3) is 2.65. The maximum absolute atomic E-state index is 12.5. The van der Waals surface area contributed by atoms with Gasteiger partial charge in [-0.25, -0.2) is 4.98 Å². The first kappa shape index (κ1) is 14.1. The SMILES string of the molecule is Cc1nc(I)c(I)n1-c1ccc(C(F)(F)F)cc1. The van der Waals surface area contributed by atoms with Gasteiger partial charge in [0.25, 0.3) is 0 Å². The highest BCUT2D eigenvalue weighted by Gasteiger charge is 2.30. The van der Waals surface area contributed by atoms with Crippen LogP contribution in [0.4, 0.5) is 13.2 Å². The maximum atomic E-state index is 12.5. The van der Waals surface area contributed by atoms with Gasteiger partial charge in [-0.3, -0.25) is 4.57 Å². The number of hydrogen-bond acceptors (Lipinski definition) is 1. The lowest BCUT2D eigenvalue weighted by Crippen LogP contribution is -2.06. The molecule has 1 aromatic heterocycles. The number of halogens is 5. The van der Waals surface area contributed by atoms with Crippen LogP contribution >= 0.6 is 45.2 Å². The lowest BCUT2D eigenvalue weighted by Gasteiger charge is -2.10. The highest BCUT2D eigenvalue weighted by molar-refractivity contribution is 14.1. The van der Waals surface area contributed by atoms with Gasteiger partial charge in [0.1, 0.15) is 13.2 Å². The minimum atomic E-state index is -4.30. The summed E-state index contributed by atoms with van der Waals surface area (Å²) >= 11 is 4.22. The van der Waals surface area contributed by atoms with Crippen molar-refractivity contribution in [2.75, 3.05) is 0 Å². The minimum absolute atomic E-state index is 0.645. The predicted octanol–water partition coefficient (Wildman–Crippen LogP) is 4.41. The van der Waals surface area contributed by atoms with Crippen LogP contribution in [0, 0.1) is 14.3 Å². The molecule has 0 unspecified atom stereocenters. The van der Waals surface area contributed by atoms with Crippen LogP contribution in [-0.2, 0) is 6.18 Å². The average molecular weight is 478 g/mol. The first-order valence-corrected chi connectivity index (χ1v) is 7.04. The van der Waals surface area contributed by atoms with Gasteiger partial charge in [-0.2, -0.15) is 13.2 Å². The van der Waals surface area contributed by atoms with E-state index in [2.05, 4.69) is 50.2 Å². The molecule has 0 atom stereocenters. The van der Waals surface area contributed by atoms with Gasteiger partial charge in [-0.1, -0.05) is 0 Å². The Hall–Kier alpha value is -0.320. The number of rotatable bonds is 1. The van der Waals surface area contributed by atoms with Crippen molar-refractivity contribution in [3.8, 4) is 5.69 Å². The molecule has 0 N–H and O–H groups in total. The van der Waals surface area contributed by atoms with Gasteiger partial charge in [-0.05, 0) is 76.4 Å². The van der Waals surface area contributed by atoms with Crippen LogP contribution < -0.4 is 0 Å². The van der Waals surface area contributed by atoms with E-state index in [1.807, 2.05) is 11.5 Å². The first-order valence-electron chi connectivity index (χ1n) is 4.88. The number of aromatic nitrogens is 2. The number of imidazole rings is 1. The predicted molar refractivity (Wildman–Crippen MR) is 78.7 cm³/mol. The monoisotopic (exact) mass is 478 g/mol. The molecule has 18 heavy (non-hydrogen) atoms. The topological polar surface area (TPSA) is 17.8 Å². The summed E-state index contributed by atoms with van der Waals surface area (Å²) in [6, 6.07) is 5.07. The van der Waals surface area contributed by atoms with Crippen molar-refractivity contribution in [2.45, 2.75) is 13.1 Å². The second-order valence-electron chi connectivity index (χ2n) is 3.62. The number of hydrogen-bond donors (Lipinski definition) is 0. The Morgan fingerprint density at radius 3 is 2.06 bits per heavy atom. The lowest BCUT2D eigenvalue weighted by atomic mass is 10.2. The van der Waals surface area contributed by atoms with Crippen molar-refractivity contribution in [1.82, 2.24) is 9.55 Å². The number of aryl methyl sites for hydroxylation is 1. The van der Waals surface area contributed by atoms with Crippen molar-refractivity contribution in [1.29, 1.82) is 0 Å². The second kappa shape index (κ2) is 4.99.